The van der Waals surface area contributed by atoms with Crippen molar-refractivity contribution in [1.29, 1.82) is 0 Å². The van der Waals surface area contributed by atoms with E-state index in [1.165, 1.54) is 29.7 Å². The summed E-state index contributed by atoms with van der Waals surface area (Å²) in [7, 11) is 0. The van der Waals surface area contributed by atoms with E-state index in [0.29, 0.717) is 5.56 Å². The van der Waals surface area contributed by atoms with Crippen LogP contribution in [-0.2, 0) is 0 Å². The average Bonchev–Trinajstić information content (AvgIpc) is 3.27. The van der Waals surface area contributed by atoms with E-state index in [9.17, 15) is 14.9 Å². The molecule has 2 heterocycles. The van der Waals surface area contributed by atoms with E-state index in [4.69, 9.17) is 11.6 Å². The van der Waals surface area contributed by atoms with E-state index in [0.717, 1.165) is 10.6 Å². The number of rotatable bonds is 5. The molecule has 1 aromatic carbocycles. The third-order valence-electron chi connectivity index (χ3n) is 3.14. The molecule has 0 fully saturated rings. The molecule has 0 saturated heterocycles. The minimum absolute atomic E-state index is 0.0313. The van der Waals surface area contributed by atoms with Gasteiger partial charge in [-0.2, -0.15) is 10.2 Å². The van der Waals surface area contributed by atoms with Crippen LogP contribution in [0.25, 0.3) is 10.6 Å². The molecule has 3 aromatic rings. The van der Waals surface area contributed by atoms with Gasteiger partial charge in [0.1, 0.15) is 5.02 Å². The molecule has 3 rings (SSSR count). The molecule has 126 valence electrons. The number of nitrogens with zero attached hydrogens (tertiary/aromatic N) is 3. The number of carbonyl (C=O) groups is 1. The molecule has 0 aliphatic carbocycles. The normalized spacial score (nSPS) is 10.9. The zero-order valence-corrected chi connectivity index (χ0v) is 14.0. The van der Waals surface area contributed by atoms with Crippen molar-refractivity contribution in [3.63, 3.8) is 0 Å². The number of H-pyrrole nitrogens is 1. The third-order valence-corrected chi connectivity index (χ3v) is 4.37. The van der Waals surface area contributed by atoms with Crippen LogP contribution in [0.2, 0.25) is 5.02 Å². The molecule has 0 atom stereocenters. The molecule has 0 bridgehead atoms. The van der Waals surface area contributed by atoms with E-state index in [2.05, 4.69) is 20.7 Å². The topological polar surface area (TPSA) is 113 Å². The van der Waals surface area contributed by atoms with Crippen molar-refractivity contribution in [3.05, 3.63) is 68.2 Å². The molecule has 0 saturated carbocycles. The van der Waals surface area contributed by atoms with Crippen LogP contribution >= 0.6 is 22.9 Å². The zero-order valence-electron chi connectivity index (χ0n) is 12.5. The minimum Gasteiger partial charge on any atom is -0.276 e. The Bertz CT molecular complexity index is 952. The molecule has 2 aromatic heterocycles. The maximum absolute atomic E-state index is 12.0. The summed E-state index contributed by atoms with van der Waals surface area (Å²) in [6, 6.07) is 9.63. The largest absolute Gasteiger partial charge is 0.291 e. The van der Waals surface area contributed by atoms with Crippen molar-refractivity contribution in [3.8, 4) is 10.6 Å². The molecule has 0 radical (unpaired) electrons. The summed E-state index contributed by atoms with van der Waals surface area (Å²) < 4.78 is 0. The predicted molar refractivity (Wildman–Crippen MR) is 95.1 cm³/mol. The number of hydrazone groups is 1. The van der Waals surface area contributed by atoms with Gasteiger partial charge in [0.2, 0.25) is 0 Å². The Morgan fingerprint density at radius 3 is 2.96 bits per heavy atom. The lowest BCUT2D eigenvalue weighted by Crippen LogP contribution is -2.18. The van der Waals surface area contributed by atoms with E-state index in [1.807, 2.05) is 17.5 Å². The van der Waals surface area contributed by atoms with Gasteiger partial charge in [0.15, 0.2) is 5.69 Å². The number of halogens is 1. The van der Waals surface area contributed by atoms with Crippen molar-refractivity contribution < 1.29 is 9.72 Å². The van der Waals surface area contributed by atoms with Crippen molar-refractivity contribution in [2.75, 3.05) is 0 Å². The van der Waals surface area contributed by atoms with Crippen LogP contribution in [0.3, 0.4) is 0 Å². The van der Waals surface area contributed by atoms with Crippen LogP contribution in [-0.4, -0.2) is 27.2 Å². The smallest absolute Gasteiger partial charge is 0.276 e. The number of nitro groups is 1. The number of carbonyl (C=O) groups excluding carboxylic acids is 1. The molecule has 0 aliphatic heterocycles. The maximum Gasteiger partial charge on any atom is 0.291 e. The summed E-state index contributed by atoms with van der Waals surface area (Å²) in [5.41, 5.74) is 3.43. The summed E-state index contributed by atoms with van der Waals surface area (Å²) in [6.07, 6.45) is 1.29. The Kier molecular flexibility index (Phi) is 4.87. The van der Waals surface area contributed by atoms with Gasteiger partial charge in [-0.15, -0.1) is 11.3 Å². The van der Waals surface area contributed by atoms with Crippen LogP contribution in [0, 0.1) is 10.1 Å². The molecule has 25 heavy (non-hydrogen) atoms. The van der Waals surface area contributed by atoms with Crippen LogP contribution in [0.1, 0.15) is 16.1 Å². The third kappa shape index (κ3) is 3.90. The van der Waals surface area contributed by atoms with E-state index in [-0.39, 0.29) is 16.4 Å². The fourth-order valence-electron chi connectivity index (χ4n) is 1.97. The van der Waals surface area contributed by atoms with Gasteiger partial charge in [0.05, 0.1) is 21.7 Å². The number of benzene rings is 1. The summed E-state index contributed by atoms with van der Waals surface area (Å²) >= 11 is 7.26. The molecule has 2 N–H and O–H groups in total. The fourth-order valence-corrected chi connectivity index (χ4v) is 2.85. The molecular weight excluding hydrogens is 366 g/mol. The second-order valence-corrected chi connectivity index (χ2v) is 6.17. The minimum atomic E-state index is -0.589. The monoisotopic (exact) mass is 375 g/mol. The molecule has 0 unspecified atom stereocenters. The lowest BCUT2D eigenvalue weighted by molar-refractivity contribution is -0.384. The SMILES string of the molecule is O=C(N/N=C\c1ccc(Cl)c([N+](=O)[O-])c1)c1cc(-c2cccs2)[nH]n1. The van der Waals surface area contributed by atoms with Crippen LogP contribution in [0.15, 0.2) is 46.9 Å². The number of aromatic amines is 1. The fraction of sp³-hybridized carbons (Fsp3) is 0. The molecule has 0 aliphatic rings. The Morgan fingerprint density at radius 1 is 1.40 bits per heavy atom. The van der Waals surface area contributed by atoms with Gasteiger partial charge in [0.25, 0.3) is 11.6 Å². The van der Waals surface area contributed by atoms with Crippen molar-refractivity contribution in [1.82, 2.24) is 15.6 Å². The number of thiophene rings is 1. The van der Waals surface area contributed by atoms with Gasteiger partial charge in [-0.05, 0) is 23.6 Å². The standard InChI is InChI=1S/C15H10ClN5O3S/c16-10-4-3-9(6-13(10)21(23)24)8-17-20-15(22)12-7-11(18-19-12)14-2-1-5-25-14/h1-8H,(H,18,19)(H,20,22)/b17-8-. The van der Waals surface area contributed by atoms with Gasteiger partial charge in [0, 0.05) is 11.6 Å². The van der Waals surface area contributed by atoms with Crippen molar-refractivity contribution in [2.45, 2.75) is 0 Å². The van der Waals surface area contributed by atoms with Crippen LogP contribution in [0.4, 0.5) is 5.69 Å². The highest BCUT2D eigenvalue weighted by atomic mass is 35.5. The second-order valence-electron chi connectivity index (χ2n) is 4.81. The first-order valence-corrected chi connectivity index (χ1v) is 8.17. The Labute approximate surface area is 150 Å². The quantitative estimate of drug-likeness (QED) is 0.403. The van der Waals surface area contributed by atoms with Gasteiger partial charge in [-0.25, -0.2) is 5.43 Å². The van der Waals surface area contributed by atoms with Gasteiger partial charge >= 0.3 is 0 Å². The van der Waals surface area contributed by atoms with Gasteiger partial charge < -0.3 is 0 Å². The van der Waals surface area contributed by atoms with E-state index >= 15 is 0 Å². The number of hydrogen-bond donors (Lipinski definition) is 2. The number of nitrogens with one attached hydrogen (secondary N) is 2. The Hall–Kier alpha value is -3.04. The average molecular weight is 376 g/mol. The summed E-state index contributed by atoms with van der Waals surface area (Å²) in [6.45, 7) is 0. The first-order chi connectivity index (χ1) is 12.0. The number of amides is 1. The number of nitro benzene ring substituents is 1. The van der Waals surface area contributed by atoms with E-state index in [1.54, 1.807) is 12.1 Å². The predicted octanol–water partition coefficient (Wildman–Crippen LogP) is 3.46. The second kappa shape index (κ2) is 7.24. The highest BCUT2D eigenvalue weighted by Crippen LogP contribution is 2.24. The Balaban J connectivity index is 1.67. The molecule has 8 nitrogen and oxygen atoms in total. The van der Waals surface area contributed by atoms with Gasteiger partial charge in [-0.1, -0.05) is 23.7 Å². The van der Waals surface area contributed by atoms with Gasteiger partial charge in [-0.3, -0.25) is 20.0 Å². The van der Waals surface area contributed by atoms with E-state index < -0.39 is 10.8 Å². The van der Waals surface area contributed by atoms with Crippen molar-refractivity contribution in [2.24, 2.45) is 5.10 Å². The molecular formula is C15H10ClN5O3S. The molecule has 0 spiro atoms. The van der Waals surface area contributed by atoms with Crippen LogP contribution < -0.4 is 5.43 Å². The zero-order chi connectivity index (χ0) is 17.8. The highest BCUT2D eigenvalue weighted by Gasteiger charge is 2.13. The summed E-state index contributed by atoms with van der Waals surface area (Å²) in [5.74, 6) is -0.501. The first-order valence-electron chi connectivity index (χ1n) is 6.91. The lowest BCUT2D eigenvalue weighted by atomic mass is 10.2. The number of aromatic nitrogens is 2. The van der Waals surface area contributed by atoms with Crippen molar-refractivity contribution >= 4 is 40.7 Å². The lowest BCUT2D eigenvalue weighted by Gasteiger charge is -1.97. The molecule has 10 heteroatoms. The maximum atomic E-state index is 12.0. The number of hydrogen-bond acceptors (Lipinski definition) is 6. The van der Waals surface area contributed by atoms with Crippen LogP contribution in [0.5, 0.6) is 0 Å². The summed E-state index contributed by atoms with van der Waals surface area (Å²) in [5, 5.41) is 23.3. The first kappa shape index (κ1) is 16.8. The highest BCUT2D eigenvalue weighted by molar-refractivity contribution is 7.13. The molecule has 1 amide bonds. The Morgan fingerprint density at radius 2 is 2.24 bits per heavy atom. The summed E-state index contributed by atoms with van der Waals surface area (Å²) in [4.78, 5) is 23.2.